The number of ketones is 1. The van der Waals surface area contributed by atoms with Crippen LogP contribution in [0, 0.1) is 6.92 Å². The Morgan fingerprint density at radius 3 is 2.62 bits per heavy atom. The van der Waals surface area contributed by atoms with Gasteiger partial charge in [-0.25, -0.2) is 0 Å². The van der Waals surface area contributed by atoms with E-state index in [0.29, 0.717) is 11.1 Å². The van der Waals surface area contributed by atoms with Gasteiger partial charge in [-0.05, 0) is 19.1 Å². The molecule has 0 saturated heterocycles. The molecule has 0 aliphatic heterocycles. The lowest BCUT2D eigenvalue weighted by Crippen LogP contribution is -2.19. The van der Waals surface area contributed by atoms with Crippen LogP contribution >= 0.6 is 0 Å². The molecule has 0 unspecified atom stereocenters. The zero-order valence-electron chi connectivity index (χ0n) is 13.5. The van der Waals surface area contributed by atoms with Gasteiger partial charge in [-0.1, -0.05) is 18.2 Å². The Hall–Kier alpha value is -3.10. The van der Waals surface area contributed by atoms with E-state index in [1.54, 1.807) is 31.2 Å². The number of fused-ring (bicyclic) bond motifs is 1. The van der Waals surface area contributed by atoms with Crippen molar-refractivity contribution in [2.45, 2.75) is 19.6 Å². The molecule has 3 rings (SSSR count). The number of furan rings is 1. The molecule has 0 aliphatic carbocycles. The number of hydrogen-bond acceptors (Lipinski definition) is 5. The number of carbonyl (C=O) groups is 2. The molecule has 0 N–H and O–H groups in total. The maximum Gasteiger partial charge on any atom is 0.435 e. The van der Waals surface area contributed by atoms with Gasteiger partial charge in [0.05, 0.1) is 0 Å². The molecule has 0 aliphatic rings. The largest absolute Gasteiger partial charge is 0.456 e. The van der Waals surface area contributed by atoms with Crippen LogP contribution in [-0.4, -0.2) is 28.1 Å². The fourth-order valence-electron chi connectivity index (χ4n) is 2.43. The second kappa shape index (κ2) is 6.66. The summed E-state index contributed by atoms with van der Waals surface area (Å²) in [6.07, 6.45) is -3.58. The first kappa shape index (κ1) is 17.7. The highest BCUT2D eigenvalue weighted by molar-refractivity contribution is 6.01. The number of aromatic nitrogens is 2. The number of para-hydroxylation sites is 1. The van der Waals surface area contributed by atoms with Gasteiger partial charge in [-0.2, -0.15) is 18.3 Å². The third-order valence-electron chi connectivity index (χ3n) is 3.68. The third kappa shape index (κ3) is 3.61. The molecule has 0 bridgehead atoms. The molecule has 0 radical (unpaired) electrons. The summed E-state index contributed by atoms with van der Waals surface area (Å²) in [6, 6.07) is 7.82. The van der Waals surface area contributed by atoms with Gasteiger partial charge in [-0.3, -0.25) is 14.3 Å². The van der Waals surface area contributed by atoms with E-state index in [1.165, 1.54) is 0 Å². The van der Waals surface area contributed by atoms with Crippen molar-refractivity contribution in [2.75, 3.05) is 6.61 Å². The predicted octanol–water partition coefficient (Wildman–Crippen LogP) is 3.38. The summed E-state index contributed by atoms with van der Waals surface area (Å²) >= 11 is 0. The lowest BCUT2D eigenvalue weighted by molar-refractivity contribution is -0.145. The number of aryl methyl sites for hydroxylation is 1. The number of ether oxygens (including phenoxy) is 1. The van der Waals surface area contributed by atoms with Gasteiger partial charge in [0.25, 0.3) is 0 Å². The van der Waals surface area contributed by atoms with Crippen LogP contribution < -0.4 is 0 Å². The number of halogens is 3. The molecule has 6 nitrogen and oxygen atoms in total. The number of Topliss-reactive ketones (excluding diaryl/α,β-unsaturated/α-hetero) is 1. The van der Waals surface area contributed by atoms with E-state index >= 15 is 0 Å². The first-order valence-corrected chi connectivity index (χ1v) is 7.53. The molecule has 0 atom stereocenters. The topological polar surface area (TPSA) is 74.3 Å². The third-order valence-corrected chi connectivity index (χ3v) is 3.68. The van der Waals surface area contributed by atoms with Gasteiger partial charge in [0, 0.05) is 17.1 Å². The number of esters is 1. The molecule has 9 heteroatoms. The second-order valence-electron chi connectivity index (χ2n) is 5.53. The average Bonchev–Trinajstić information content (AvgIpc) is 3.18. The lowest BCUT2D eigenvalue weighted by atomic mass is 10.1. The Balaban J connectivity index is 1.61. The number of alkyl halides is 3. The quantitative estimate of drug-likeness (QED) is 0.511. The van der Waals surface area contributed by atoms with Crippen molar-refractivity contribution < 1.29 is 31.9 Å². The number of benzene rings is 1. The fraction of sp³-hybridized carbons (Fsp3) is 0.235. The van der Waals surface area contributed by atoms with E-state index < -0.39 is 36.8 Å². The van der Waals surface area contributed by atoms with Gasteiger partial charge in [-0.15, -0.1) is 0 Å². The maximum absolute atomic E-state index is 12.5. The van der Waals surface area contributed by atoms with E-state index in [9.17, 15) is 22.8 Å². The molecule has 3 aromatic rings. The first-order chi connectivity index (χ1) is 12.3. The van der Waals surface area contributed by atoms with Crippen molar-refractivity contribution in [3.05, 3.63) is 53.5 Å². The Morgan fingerprint density at radius 2 is 1.96 bits per heavy atom. The van der Waals surface area contributed by atoms with Crippen molar-refractivity contribution in [3.8, 4) is 0 Å². The van der Waals surface area contributed by atoms with Crippen LogP contribution in [0.2, 0.25) is 0 Å². The maximum atomic E-state index is 12.5. The van der Waals surface area contributed by atoms with E-state index in [0.717, 1.165) is 22.3 Å². The molecule has 1 aromatic carbocycles. The molecule has 0 saturated carbocycles. The normalized spacial score (nSPS) is 11.7. The second-order valence-corrected chi connectivity index (χ2v) is 5.53. The highest BCUT2D eigenvalue weighted by Crippen LogP contribution is 2.27. The number of nitrogens with zero attached hydrogens (tertiary/aromatic N) is 2. The van der Waals surface area contributed by atoms with Gasteiger partial charge >= 0.3 is 12.1 Å². The Bertz CT molecular complexity index is 972. The summed E-state index contributed by atoms with van der Waals surface area (Å²) < 4.78 is 48.5. The van der Waals surface area contributed by atoms with Gasteiger partial charge in [0.15, 0.2) is 18.1 Å². The minimum absolute atomic E-state index is 0.0810. The summed E-state index contributed by atoms with van der Waals surface area (Å²) in [5, 5.41) is 4.01. The van der Waals surface area contributed by atoms with Crippen LogP contribution in [0.4, 0.5) is 13.2 Å². The van der Waals surface area contributed by atoms with Crippen molar-refractivity contribution in [1.29, 1.82) is 0 Å². The van der Waals surface area contributed by atoms with Gasteiger partial charge < -0.3 is 9.15 Å². The van der Waals surface area contributed by atoms with E-state index in [2.05, 4.69) is 5.10 Å². The van der Waals surface area contributed by atoms with Crippen LogP contribution in [0.5, 0.6) is 0 Å². The van der Waals surface area contributed by atoms with E-state index in [4.69, 9.17) is 9.15 Å². The zero-order chi connectivity index (χ0) is 18.9. The van der Waals surface area contributed by atoms with Crippen molar-refractivity contribution in [1.82, 2.24) is 9.78 Å². The number of carbonyl (C=O) groups excluding carboxylic acids is 2. The molecular formula is C17H13F3N2O4. The van der Waals surface area contributed by atoms with Crippen LogP contribution in [-0.2, 0) is 22.3 Å². The van der Waals surface area contributed by atoms with Crippen LogP contribution in [0.15, 0.2) is 40.9 Å². The molecule has 0 fully saturated rings. The summed E-state index contributed by atoms with van der Waals surface area (Å²) in [4.78, 5) is 23.9. The molecular weight excluding hydrogens is 353 g/mol. The lowest BCUT2D eigenvalue weighted by Gasteiger charge is -2.04. The van der Waals surface area contributed by atoms with Crippen LogP contribution in [0.3, 0.4) is 0 Å². The van der Waals surface area contributed by atoms with Gasteiger partial charge in [0.2, 0.25) is 5.78 Å². The molecule has 0 amide bonds. The van der Waals surface area contributed by atoms with Crippen molar-refractivity contribution in [2.24, 2.45) is 0 Å². The number of hydrogen-bond donors (Lipinski definition) is 0. The number of rotatable bonds is 5. The summed E-state index contributed by atoms with van der Waals surface area (Å²) in [5.41, 5.74) is 0.0544. The molecule has 0 spiro atoms. The molecule has 2 aromatic heterocycles. The fourth-order valence-corrected chi connectivity index (χ4v) is 2.43. The highest BCUT2D eigenvalue weighted by Gasteiger charge is 2.33. The Kier molecular flexibility index (Phi) is 4.54. The summed E-state index contributed by atoms with van der Waals surface area (Å²) in [5.74, 6) is -1.34. The molecule has 26 heavy (non-hydrogen) atoms. The van der Waals surface area contributed by atoms with Crippen LogP contribution in [0.25, 0.3) is 11.0 Å². The van der Waals surface area contributed by atoms with Gasteiger partial charge in [0.1, 0.15) is 12.1 Å². The Labute approximate surface area is 145 Å². The monoisotopic (exact) mass is 366 g/mol. The summed E-state index contributed by atoms with van der Waals surface area (Å²) in [7, 11) is 0. The van der Waals surface area contributed by atoms with Crippen molar-refractivity contribution >= 4 is 22.7 Å². The van der Waals surface area contributed by atoms with Crippen LogP contribution in [0.1, 0.15) is 21.8 Å². The highest BCUT2D eigenvalue weighted by atomic mass is 19.4. The SMILES string of the molecule is Cc1c(C(=O)COC(=O)Cn2ccc(C(F)(F)F)n2)oc2ccccc12. The standard InChI is InChI=1S/C17H13F3N2O4/c1-10-11-4-2-3-5-13(11)26-16(10)12(23)9-25-15(24)8-22-7-6-14(21-22)17(18,19)20/h2-7H,8-9H2,1H3. The predicted molar refractivity (Wildman–Crippen MR) is 83.5 cm³/mol. The first-order valence-electron chi connectivity index (χ1n) is 7.53. The minimum atomic E-state index is -4.59. The summed E-state index contributed by atoms with van der Waals surface area (Å²) in [6.45, 7) is 0.596. The smallest absolute Gasteiger partial charge is 0.435 e. The van der Waals surface area contributed by atoms with E-state index in [-0.39, 0.29) is 5.76 Å². The minimum Gasteiger partial charge on any atom is -0.456 e. The molecule has 136 valence electrons. The molecule has 2 heterocycles. The zero-order valence-corrected chi connectivity index (χ0v) is 13.5. The Morgan fingerprint density at radius 1 is 1.23 bits per heavy atom. The van der Waals surface area contributed by atoms with E-state index in [1.807, 2.05) is 0 Å². The average molecular weight is 366 g/mol. The van der Waals surface area contributed by atoms with Crippen molar-refractivity contribution in [3.63, 3.8) is 0 Å².